The van der Waals surface area contributed by atoms with Gasteiger partial charge in [0, 0.05) is 18.8 Å². The number of nitrogens with zero attached hydrogens (tertiary/aromatic N) is 2. The molecule has 2 saturated heterocycles. The molecule has 2 fully saturated rings. The van der Waals surface area contributed by atoms with Gasteiger partial charge in [0.15, 0.2) is 18.1 Å². The Morgan fingerprint density at radius 2 is 1.79 bits per heavy atom. The summed E-state index contributed by atoms with van der Waals surface area (Å²) >= 11 is 0.784. The number of carbonyl (C=O) groups excluding carboxylic acids is 4. The fraction of sp³-hybridized carbons (Fsp3) is 0.357. The standard InChI is InChI=1S/C28H31N3O7S/c1-4-37-23-14-20(6-8-22(23)38-17-25(32)29-21-7-5-18(2)19(3)13-21)15-24-27(34)31(28(35)39-24)16-26(33)30-9-11-36-12-10-30/h5-8,13-15H,4,9-12,16-17H2,1-3H3,(H,29,32)/b24-15-. The van der Waals surface area contributed by atoms with Crippen LogP contribution in [0.15, 0.2) is 41.3 Å². The average molecular weight is 554 g/mol. The number of benzene rings is 2. The van der Waals surface area contributed by atoms with Gasteiger partial charge in [-0.3, -0.25) is 24.1 Å². The van der Waals surface area contributed by atoms with Gasteiger partial charge in [-0.1, -0.05) is 12.1 Å². The molecule has 0 spiro atoms. The van der Waals surface area contributed by atoms with Gasteiger partial charge in [-0.2, -0.15) is 0 Å². The molecule has 0 atom stereocenters. The number of imide groups is 1. The Kier molecular flexibility index (Phi) is 9.26. The molecule has 0 bridgehead atoms. The summed E-state index contributed by atoms with van der Waals surface area (Å²) in [6.07, 6.45) is 1.57. The monoisotopic (exact) mass is 553 g/mol. The molecule has 2 aliphatic heterocycles. The van der Waals surface area contributed by atoms with Gasteiger partial charge >= 0.3 is 0 Å². The van der Waals surface area contributed by atoms with Gasteiger partial charge in [0.1, 0.15) is 6.54 Å². The first-order chi connectivity index (χ1) is 18.7. The lowest BCUT2D eigenvalue weighted by Crippen LogP contribution is -2.46. The molecule has 2 heterocycles. The second-order valence-corrected chi connectivity index (χ2v) is 10.0. The van der Waals surface area contributed by atoms with E-state index in [1.54, 1.807) is 29.2 Å². The van der Waals surface area contributed by atoms with Crippen molar-refractivity contribution in [3.05, 3.63) is 58.0 Å². The molecule has 11 heteroatoms. The summed E-state index contributed by atoms with van der Waals surface area (Å²) in [4.78, 5) is 53.1. The van der Waals surface area contributed by atoms with E-state index >= 15 is 0 Å². The van der Waals surface area contributed by atoms with Crippen molar-refractivity contribution in [1.29, 1.82) is 0 Å². The van der Waals surface area contributed by atoms with Crippen LogP contribution < -0.4 is 14.8 Å². The smallest absolute Gasteiger partial charge is 0.294 e. The van der Waals surface area contributed by atoms with Crippen molar-refractivity contribution >= 4 is 46.5 Å². The number of rotatable bonds is 9. The number of ether oxygens (including phenoxy) is 3. The lowest BCUT2D eigenvalue weighted by molar-refractivity contribution is -0.139. The molecule has 39 heavy (non-hydrogen) atoms. The molecule has 2 aromatic carbocycles. The zero-order valence-electron chi connectivity index (χ0n) is 22.2. The molecule has 0 saturated carbocycles. The fourth-order valence-electron chi connectivity index (χ4n) is 4.00. The zero-order chi connectivity index (χ0) is 27.9. The maximum absolute atomic E-state index is 12.9. The third-order valence-corrected chi connectivity index (χ3v) is 7.15. The number of hydrogen-bond donors (Lipinski definition) is 1. The van der Waals surface area contributed by atoms with Gasteiger partial charge < -0.3 is 24.4 Å². The Hall–Kier alpha value is -3.83. The van der Waals surface area contributed by atoms with E-state index in [2.05, 4.69) is 5.32 Å². The normalized spacial score (nSPS) is 16.5. The first kappa shape index (κ1) is 28.2. The summed E-state index contributed by atoms with van der Waals surface area (Å²) in [5.41, 5.74) is 3.50. The van der Waals surface area contributed by atoms with E-state index in [1.165, 1.54) is 0 Å². The molecule has 0 unspecified atom stereocenters. The van der Waals surface area contributed by atoms with Crippen LogP contribution >= 0.6 is 11.8 Å². The largest absolute Gasteiger partial charge is 0.490 e. The first-order valence-electron chi connectivity index (χ1n) is 12.6. The van der Waals surface area contributed by atoms with Crippen LogP contribution in [0.1, 0.15) is 23.6 Å². The van der Waals surface area contributed by atoms with Crippen LogP contribution in [0.5, 0.6) is 11.5 Å². The minimum absolute atomic E-state index is 0.207. The van der Waals surface area contributed by atoms with E-state index in [-0.39, 0.29) is 29.9 Å². The van der Waals surface area contributed by atoms with Crippen molar-refractivity contribution in [1.82, 2.24) is 9.80 Å². The average Bonchev–Trinajstić information content (AvgIpc) is 3.18. The second-order valence-electron chi connectivity index (χ2n) is 9.04. The number of morpholine rings is 1. The van der Waals surface area contributed by atoms with Gasteiger partial charge in [0.2, 0.25) is 5.91 Å². The Balaban J connectivity index is 1.40. The zero-order valence-corrected chi connectivity index (χ0v) is 23.0. The predicted molar refractivity (Wildman–Crippen MR) is 148 cm³/mol. The van der Waals surface area contributed by atoms with Gasteiger partial charge in [0.25, 0.3) is 17.1 Å². The van der Waals surface area contributed by atoms with Gasteiger partial charge in [-0.15, -0.1) is 0 Å². The molecule has 4 amide bonds. The number of nitrogens with one attached hydrogen (secondary N) is 1. The minimum Gasteiger partial charge on any atom is -0.490 e. The summed E-state index contributed by atoms with van der Waals surface area (Å²) in [6, 6.07) is 10.7. The lowest BCUT2D eigenvalue weighted by atomic mass is 10.1. The lowest BCUT2D eigenvalue weighted by Gasteiger charge is -2.28. The van der Waals surface area contributed by atoms with Crippen molar-refractivity contribution in [2.75, 3.05) is 51.4 Å². The molecule has 0 aromatic heterocycles. The number of amides is 4. The van der Waals surface area contributed by atoms with Gasteiger partial charge in [-0.25, -0.2) is 0 Å². The quantitative estimate of drug-likeness (QED) is 0.469. The molecule has 1 N–H and O–H groups in total. The first-order valence-corrected chi connectivity index (χ1v) is 13.4. The fourth-order valence-corrected chi connectivity index (χ4v) is 4.84. The van der Waals surface area contributed by atoms with Crippen LogP contribution in [0, 0.1) is 13.8 Å². The molecule has 4 rings (SSSR count). The van der Waals surface area contributed by atoms with Crippen molar-refractivity contribution < 1.29 is 33.4 Å². The third kappa shape index (κ3) is 7.18. The van der Waals surface area contributed by atoms with E-state index in [1.807, 2.05) is 39.0 Å². The van der Waals surface area contributed by atoms with Gasteiger partial charge in [-0.05, 0) is 79.6 Å². The van der Waals surface area contributed by atoms with Crippen LogP contribution in [0.3, 0.4) is 0 Å². The summed E-state index contributed by atoms with van der Waals surface area (Å²) in [5.74, 6) is -0.359. The Morgan fingerprint density at radius 1 is 1.03 bits per heavy atom. The van der Waals surface area contributed by atoms with E-state index < -0.39 is 11.1 Å². The molecule has 10 nitrogen and oxygen atoms in total. The van der Waals surface area contributed by atoms with Crippen LogP contribution in [0.25, 0.3) is 6.08 Å². The maximum Gasteiger partial charge on any atom is 0.294 e. The molecule has 2 aliphatic rings. The number of aryl methyl sites for hydroxylation is 2. The molecular formula is C28H31N3O7S. The minimum atomic E-state index is -0.520. The molecule has 206 valence electrons. The predicted octanol–water partition coefficient (Wildman–Crippen LogP) is 3.61. The van der Waals surface area contributed by atoms with E-state index in [0.717, 1.165) is 27.8 Å². The van der Waals surface area contributed by atoms with Crippen molar-refractivity contribution in [2.24, 2.45) is 0 Å². The number of anilines is 1. The molecule has 0 aliphatic carbocycles. The van der Waals surface area contributed by atoms with Crippen LogP contribution in [0.2, 0.25) is 0 Å². The van der Waals surface area contributed by atoms with Gasteiger partial charge in [0.05, 0.1) is 24.7 Å². The summed E-state index contributed by atoms with van der Waals surface area (Å²) in [6.45, 7) is 7.38. The summed E-state index contributed by atoms with van der Waals surface area (Å²) in [5, 5.41) is 2.32. The summed E-state index contributed by atoms with van der Waals surface area (Å²) < 4.78 is 16.7. The number of thioether (sulfide) groups is 1. The van der Waals surface area contributed by atoms with E-state index in [9.17, 15) is 19.2 Å². The maximum atomic E-state index is 12.9. The second kappa shape index (κ2) is 12.8. The van der Waals surface area contributed by atoms with Crippen molar-refractivity contribution in [3.63, 3.8) is 0 Å². The SMILES string of the molecule is CCOc1cc(/C=C2\SC(=O)N(CC(=O)N3CCOCC3)C2=O)ccc1OCC(=O)Nc1ccc(C)c(C)c1. The highest BCUT2D eigenvalue weighted by Crippen LogP contribution is 2.34. The van der Waals surface area contributed by atoms with Crippen LogP contribution in [-0.4, -0.2) is 78.8 Å². The third-order valence-electron chi connectivity index (χ3n) is 6.25. The highest BCUT2D eigenvalue weighted by molar-refractivity contribution is 8.18. The highest BCUT2D eigenvalue weighted by Gasteiger charge is 2.37. The van der Waals surface area contributed by atoms with Crippen molar-refractivity contribution in [3.8, 4) is 11.5 Å². The summed E-state index contributed by atoms with van der Waals surface area (Å²) in [7, 11) is 0. The molecular weight excluding hydrogens is 522 g/mol. The topological polar surface area (TPSA) is 114 Å². The van der Waals surface area contributed by atoms with Crippen LogP contribution in [0.4, 0.5) is 10.5 Å². The van der Waals surface area contributed by atoms with E-state index in [4.69, 9.17) is 14.2 Å². The highest BCUT2D eigenvalue weighted by atomic mass is 32.2. The molecule has 2 aromatic rings. The Bertz CT molecular complexity index is 1300. The van der Waals surface area contributed by atoms with E-state index in [0.29, 0.717) is 55.7 Å². The molecule has 0 radical (unpaired) electrons. The Labute approximate surface area is 231 Å². The number of carbonyl (C=O) groups is 4. The van der Waals surface area contributed by atoms with Crippen molar-refractivity contribution in [2.45, 2.75) is 20.8 Å². The Morgan fingerprint density at radius 3 is 2.51 bits per heavy atom. The number of hydrogen-bond acceptors (Lipinski definition) is 8. The van der Waals surface area contributed by atoms with Crippen LogP contribution in [-0.2, 0) is 19.1 Å².